The Bertz CT molecular complexity index is 1580. The van der Waals surface area contributed by atoms with Crippen molar-refractivity contribution in [1.82, 2.24) is 24.6 Å². The summed E-state index contributed by atoms with van der Waals surface area (Å²) in [5, 5.41) is 5.85. The number of nitrogens with zero attached hydrogens (tertiary/aromatic N) is 5. The van der Waals surface area contributed by atoms with E-state index in [0.717, 1.165) is 12.3 Å². The Morgan fingerprint density at radius 3 is 2.61 bits per heavy atom. The molecule has 10 nitrogen and oxygen atoms in total. The van der Waals surface area contributed by atoms with Gasteiger partial charge in [-0.15, -0.1) is 0 Å². The third kappa shape index (κ3) is 6.24. The molecule has 4 heterocycles. The molecule has 3 aromatic heterocycles. The number of carbonyl (C=O) groups is 1. The average Bonchev–Trinajstić information content (AvgIpc) is 3.39. The molecule has 1 saturated heterocycles. The number of rotatable bonds is 7. The van der Waals surface area contributed by atoms with Gasteiger partial charge < -0.3 is 20.5 Å². The van der Waals surface area contributed by atoms with Crippen LogP contribution in [0.3, 0.4) is 0 Å². The minimum atomic E-state index is -4.99. The Hall–Kier alpha value is -4.27. The van der Waals surface area contributed by atoms with Crippen LogP contribution in [0, 0.1) is 5.82 Å². The summed E-state index contributed by atoms with van der Waals surface area (Å²) in [5.41, 5.74) is 4.32. The van der Waals surface area contributed by atoms with Gasteiger partial charge in [0.25, 0.3) is 5.91 Å². The lowest BCUT2D eigenvalue weighted by atomic mass is 10.2. The molecule has 3 N–H and O–H groups in total. The Morgan fingerprint density at radius 1 is 1.12 bits per heavy atom. The quantitative estimate of drug-likeness (QED) is 0.290. The third-order valence-electron chi connectivity index (χ3n) is 6.16. The second-order valence-electron chi connectivity index (χ2n) is 8.89. The van der Waals surface area contributed by atoms with Gasteiger partial charge in [0.1, 0.15) is 11.6 Å². The number of pyridine rings is 2. The molecule has 1 aromatic carbocycles. The lowest BCUT2D eigenvalue weighted by Crippen LogP contribution is -2.36. The van der Waals surface area contributed by atoms with E-state index in [1.165, 1.54) is 36.7 Å². The van der Waals surface area contributed by atoms with Crippen LogP contribution >= 0.6 is 11.6 Å². The number of anilines is 2. The first-order valence-electron chi connectivity index (χ1n) is 12.2. The lowest BCUT2D eigenvalue weighted by molar-refractivity contribution is -0.143. The maximum absolute atomic E-state index is 15.0. The van der Waals surface area contributed by atoms with Gasteiger partial charge >= 0.3 is 6.18 Å². The summed E-state index contributed by atoms with van der Waals surface area (Å²) >= 11 is 5.99. The van der Waals surface area contributed by atoms with E-state index >= 15 is 4.39 Å². The van der Waals surface area contributed by atoms with E-state index < -0.39 is 29.2 Å². The van der Waals surface area contributed by atoms with Crippen molar-refractivity contribution in [3.8, 4) is 17.3 Å². The zero-order valence-corrected chi connectivity index (χ0v) is 21.9. The number of carbonyl (C=O) groups excluding carboxylic acids is 1. The number of alkyl halides is 3. The molecule has 15 heteroatoms. The summed E-state index contributed by atoms with van der Waals surface area (Å²) in [6, 6.07) is 7.77. The molecule has 0 aliphatic carbocycles. The van der Waals surface area contributed by atoms with Gasteiger partial charge in [-0.05, 0) is 30.3 Å². The second-order valence-corrected chi connectivity index (χ2v) is 9.30. The molecular formula is C26H22ClF4N7O3. The zero-order valence-electron chi connectivity index (χ0n) is 21.2. The van der Waals surface area contributed by atoms with E-state index in [1.807, 2.05) is 0 Å². The summed E-state index contributed by atoms with van der Waals surface area (Å²) < 4.78 is 68.6. The molecule has 0 bridgehead atoms. The molecule has 41 heavy (non-hydrogen) atoms. The molecule has 214 valence electrons. The zero-order chi connectivity index (χ0) is 29.1. The molecule has 1 amide bonds. The highest BCUT2D eigenvalue weighted by Gasteiger charge is 2.41. The number of ether oxygens (including phenoxy) is 2. The first-order valence-corrected chi connectivity index (χ1v) is 12.6. The molecule has 0 spiro atoms. The largest absolute Gasteiger partial charge is 0.454 e. The van der Waals surface area contributed by atoms with Gasteiger partial charge in [-0.2, -0.15) is 18.3 Å². The number of amides is 1. The smallest absolute Gasteiger partial charge is 0.434 e. The SMILES string of the molecule is Nc1nccc(Oc2ccc(NC(=O)c3cnn(-c4ncccc4Cl)c3C(F)(F)F)cc2F)c1CN1CCOCC1. The number of benzene rings is 1. The van der Waals surface area contributed by atoms with Gasteiger partial charge in [0.05, 0.1) is 35.6 Å². The van der Waals surface area contributed by atoms with Gasteiger partial charge in [-0.25, -0.2) is 19.0 Å². The van der Waals surface area contributed by atoms with Crippen LogP contribution in [-0.4, -0.2) is 56.9 Å². The Kier molecular flexibility index (Phi) is 8.06. The van der Waals surface area contributed by atoms with Crippen LogP contribution in [0.25, 0.3) is 5.82 Å². The number of morpholine rings is 1. The second kappa shape index (κ2) is 11.7. The van der Waals surface area contributed by atoms with Gasteiger partial charge in [-0.1, -0.05) is 11.6 Å². The number of hydrogen-bond donors (Lipinski definition) is 2. The Morgan fingerprint density at radius 2 is 1.90 bits per heavy atom. The average molecular weight is 592 g/mol. The molecule has 1 aliphatic rings. The van der Waals surface area contributed by atoms with Crippen molar-refractivity contribution in [2.24, 2.45) is 0 Å². The van der Waals surface area contributed by atoms with Crippen LogP contribution in [0.2, 0.25) is 5.02 Å². The topological polar surface area (TPSA) is 120 Å². The van der Waals surface area contributed by atoms with Crippen molar-refractivity contribution < 1.29 is 31.8 Å². The first-order chi connectivity index (χ1) is 19.6. The highest BCUT2D eigenvalue weighted by Crippen LogP contribution is 2.36. The monoisotopic (exact) mass is 591 g/mol. The van der Waals surface area contributed by atoms with Crippen molar-refractivity contribution in [3.05, 3.63) is 82.6 Å². The molecule has 0 atom stereocenters. The van der Waals surface area contributed by atoms with Crippen molar-refractivity contribution in [2.45, 2.75) is 12.7 Å². The lowest BCUT2D eigenvalue weighted by Gasteiger charge is -2.27. The fourth-order valence-corrected chi connectivity index (χ4v) is 4.39. The fraction of sp³-hybridized carbons (Fsp3) is 0.231. The van der Waals surface area contributed by atoms with Gasteiger partial charge in [0, 0.05) is 43.8 Å². The van der Waals surface area contributed by atoms with Crippen LogP contribution in [0.1, 0.15) is 21.6 Å². The maximum atomic E-state index is 15.0. The summed E-state index contributed by atoms with van der Waals surface area (Å²) in [6.07, 6.45) is -1.59. The van der Waals surface area contributed by atoms with Gasteiger partial charge in [0.15, 0.2) is 23.1 Å². The summed E-state index contributed by atoms with van der Waals surface area (Å²) in [7, 11) is 0. The Labute approximate surface area is 235 Å². The summed E-state index contributed by atoms with van der Waals surface area (Å²) in [6.45, 7) is 2.91. The number of hydrogen-bond acceptors (Lipinski definition) is 8. The molecule has 5 rings (SSSR count). The van der Waals surface area contributed by atoms with Gasteiger partial charge in [-0.3, -0.25) is 9.69 Å². The number of nitrogens with one attached hydrogen (secondary N) is 1. The molecule has 0 unspecified atom stereocenters. The van der Waals surface area contributed by atoms with Crippen molar-refractivity contribution in [3.63, 3.8) is 0 Å². The van der Waals surface area contributed by atoms with Crippen molar-refractivity contribution in [2.75, 3.05) is 37.4 Å². The molecule has 0 saturated carbocycles. The van der Waals surface area contributed by atoms with Crippen LogP contribution < -0.4 is 15.8 Å². The fourth-order valence-electron chi connectivity index (χ4n) is 4.19. The standard InChI is InChI=1S/C26H22ClF4N7O3/c27-18-2-1-6-34-24(18)38-22(26(29,30)31)16(13-35-38)25(39)36-15-3-4-21(19(28)12-15)41-20-5-7-33-23(32)17(20)14-37-8-10-40-11-9-37/h1-7,12-13H,8-11,14H2,(H2,32,33)(H,36,39). The predicted octanol–water partition coefficient (Wildman–Crippen LogP) is 4.93. The molecule has 1 fully saturated rings. The summed E-state index contributed by atoms with van der Waals surface area (Å²) in [5.74, 6) is -2.02. The first kappa shape index (κ1) is 28.3. The van der Waals surface area contributed by atoms with Crippen LogP contribution in [0.4, 0.5) is 29.1 Å². The van der Waals surface area contributed by atoms with Crippen molar-refractivity contribution in [1.29, 1.82) is 0 Å². The molecule has 4 aromatic rings. The highest BCUT2D eigenvalue weighted by molar-refractivity contribution is 6.32. The minimum absolute atomic E-state index is 0.102. The van der Waals surface area contributed by atoms with E-state index in [2.05, 4.69) is 25.3 Å². The van der Waals surface area contributed by atoms with Crippen LogP contribution in [0.5, 0.6) is 11.5 Å². The molecule has 1 aliphatic heterocycles. The van der Waals surface area contributed by atoms with Crippen LogP contribution in [-0.2, 0) is 17.5 Å². The van der Waals surface area contributed by atoms with E-state index in [4.69, 9.17) is 26.8 Å². The molecule has 0 radical (unpaired) electrons. The molecular weight excluding hydrogens is 570 g/mol. The van der Waals surface area contributed by atoms with E-state index in [1.54, 1.807) is 6.07 Å². The number of halogens is 5. The predicted molar refractivity (Wildman–Crippen MR) is 141 cm³/mol. The minimum Gasteiger partial charge on any atom is -0.454 e. The van der Waals surface area contributed by atoms with E-state index in [0.29, 0.717) is 43.1 Å². The van der Waals surface area contributed by atoms with Crippen molar-refractivity contribution >= 4 is 29.0 Å². The number of nitrogen functional groups attached to an aromatic ring is 1. The van der Waals surface area contributed by atoms with E-state index in [-0.39, 0.29) is 33.8 Å². The van der Waals surface area contributed by atoms with Gasteiger partial charge in [0.2, 0.25) is 0 Å². The maximum Gasteiger partial charge on any atom is 0.434 e. The number of nitrogens with two attached hydrogens (primary N) is 1. The summed E-state index contributed by atoms with van der Waals surface area (Å²) in [4.78, 5) is 22.9. The third-order valence-corrected chi connectivity index (χ3v) is 6.46. The number of aromatic nitrogens is 4. The van der Waals surface area contributed by atoms with Crippen LogP contribution in [0.15, 0.2) is 55.0 Å². The Balaban J connectivity index is 1.36. The normalized spacial score (nSPS) is 14.2. The van der Waals surface area contributed by atoms with E-state index in [9.17, 15) is 18.0 Å². The highest BCUT2D eigenvalue weighted by atomic mass is 35.5.